The number of benzene rings is 1. The number of para-hydroxylation sites is 1. The highest BCUT2D eigenvalue weighted by molar-refractivity contribution is 6.00. The third-order valence-corrected chi connectivity index (χ3v) is 4.87. The van der Waals surface area contributed by atoms with E-state index in [0.29, 0.717) is 17.8 Å². The maximum absolute atomic E-state index is 12.6. The van der Waals surface area contributed by atoms with Crippen molar-refractivity contribution in [2.24, 2.45) is 0 Å². The minimum Gasteiger partial charge on any atom is -0.467 e. The topological polar surface area (TPSA) is 99.8 Å². The van der Waals surface area contributed by atoms with Crippen molar-refractivity contribution in [3.05, 3.63) is 77.0 Å². The molecule has 0 radical (unpaired) electrons. The minimum atomic E-state index is -3.10. The summed E-state index contributed by atoms with van der Waals surface area (Å²) in [6.45, 7) is -0.0673. The van der Waals surface area contributed by atoms with Crippen molar-refractivity contribution in [1.82, 2.24) is 9.88 Å². The molecule has 0 spiro atoms. The first-order chi connectivity index (χ1) is 15.8. The Hall–Kier alpha value is -3.95. The number of nitrogens with one attached hydrogen (secondary N) is 1. The van der Waals surface area contributed by atoms with Gasteiger partial charge in [0.2, 0.25) is 5.78 Å². The van der Waals surface area contributed by atoms with Gasteiger partial charge >= 0.3 is 12.6 Å². The molecule has 1 amide bonds. The Balaban J connectivity index is 1.53. The van der Waals surface area contributed by atoms with Crippen LogP contribution in [-0.4, -0.2) is 42.0 Å². The van der Waals surface area contributed by atoms with Crippen LogP contribution in [0.2, 0.25) is 0 Å². The zero-order chi connectivity index (χ0) is 24.0. The highest BCUT2D eigenvalue weighted by atomic mass is 19.3. The molecule has 0 saturated carbocycles. The summed E-state index contributed by atoms with van der Waals surface area (Å²) >= 11 is 0. The smallest absolute Gasteiger partial charge is 0.387 e. The largest absolute Gasteiger partial charge is 0.467 e. The van der Waals surface area contributed by atoms with Gasteiger partial charge in [-0.25, -0.2) is 0 Å². The van der Waals surface area contributed by atoms with E-state index in [1.807, 2.05) is 17.6 Å². The number of esters is 1. The third-order valence-electron chi connectivity index (χ3n) is 4.87. The molecule has 174 valence electrons. The summed E-state index contributed by atoms with van der Waals surface area (Å²) in [6, 6.07) is 10.7. The number of carbonyl (C=O) groups is 3. The lowest BCUT2D eigenvalue weighted by Gasteiger charge is -2.11. The molecule has 0 aliphatic carbocycles. The molecule has 1 aromatic carbocycles. The number of rotatable bonds is 10. The number of Topliss-reactive ketones (excluding diaryl/α,β-unsaturated/α-hetero) is 1. The SMILES string of the molecule is Cc1cc(C(=O)COC(=O)CNC(=O)c2ccccc2OC(F)F)c(C)n1Cc1ccco1. The van der Waals surface area contributed by atoms with Gasteiger partial charge in [-0.2, -0.15) is 8.78 Å². The highest BCUT2D eigenvalue weighted by Crippen LogP contribution is 2.20. The van der Waals surface area contributed by atoms with Crippen molar-refractivity contribution < 1.29 is 37.1 Å². The molecule has 0 bridgehead atoms. The standard InChI is InChI=1S/C23H22F2N2O6/c1-14-10-18(15(2)27(14)12-16-6-5-9-31-16)19(28)13-32-21(29)11-26-22(30)17-7-3-4-8-20(17)33-23(24)25/h3-10,23H,11-13H2,1-2H3,(H,26,30). The molecule has 0 unspecified atom stereocenters. The first-order valence-electron chi connectivity index (χ1n) is 9.96. The fraction of sp³-hybridized carbons (Fsp3) is 0.261. The molecule has 33 heavy (non-hydrogen) atoms. The Kier molecular flexibility index (Phi) is 7.60. The number of carbonyl (C=O) groups excluding carboxylic acids is 3. The van der Waals surface area contributed by atoms with E-state index in [0.717, 1.165) is 11.5 Å². The Morgan fingerprint density at radius 1 is 1.09 bits per heavy atom. The van der Waals surface area contributed by atoms with Crippen molar-refractivity contribution in [2.45, 2.75) is 27.0 Å². The summed E-state index contributed by atoms with van der Waals surface area (Å²) < 4.78 is 41.5. The second-order valence-corrected chi connectivity index (χ2v) is 7.09. The lowest BCUT2D eigenvalue weighted by molar-refractivity contribution is -0.141. The first kappa shape index (κ1) is 23.7. The van der Waals surface area contributed by atoms with Crippen molar-refractivity contribution in [3.8, 4) is 5.75 Å². The van der Waals surface area contributed by atoms with E-state index < -0.39 is 37.4 Å². The van der Waals surface area contributed by atoms with Crippen LogP contribution in [0.25, 0.3) is 0 Å². The van der Waals surface area contributed by atoms with Crippen LogP contribution in [0.5, 0.6) is 5.75 Å². The number of furan rings is 1. The normalized spacial score (nSPS) is 10.8. The summed E-state index contributed by atoms with van der Waals surface area (Å²) in [5.74, 6) is -1.63. The molecule has 2 aromatic heterocycles. The lowest BCUT2D eigenvalue weighted by atomic mass is 10.1. The maximum atomic E-state index is 12.6. The van der Waals surface area contributed by atoms with Gasteiger partial charge in [-0.3, -0.25) is 14.4 Å². The number of nitrogens with zero attached hydrogens (tertiary/aromatic N) is 1. The fourth-order valence-electron chi connectivity index (χ4n) is 3.26. The number of amides is 1. The molecule has 0 atom stereocenters. The molecule has 10 heteroatoms. The second kappa shape index (κ2) is 10.6. The zero-order valence-electron chi connectivity index (χ0n) is 18.0. The van der Waals surface area contributed by atoms with Crippen molar-refractivity contribution in [3.63, 3.8) is 0 Å². The average molecular weight is 460 g/mol. The summed E-state index contributed by atoms with van der Waals surface area (Å²) in [5.41, 5.74) is 1.80. The summed E-state index contributed by atoms with van der Waals surface area (Å²) in [4.78, 5) is 36.7. The van der Waals surface area contributed by atoms with Crippen LogP contribution in [0.15, 0.2) is 53.1 Å². The quantitative estimate of drug-likeness (QED) is 0.367. The maximum Gasteiger partial charge on any atom is 0.387 e. The summed E-state index contributed by atoms with van der Waals surface area (Å²) in [5, 5.41) is 2.26. The van der Waals surface area contributed by atoms with Crippen molar-refractivity contribution in [2.75, 3.05) is 13.2 Å². The molecule has 0 aliphatic heterocycles. The second-order valence-electron chi connectivity index (χ2n) is 7.09. The first-order valence-corrected chi connectivity index (χ1v) is 9.96. The zero-order valence-corrected chi connectivity index (χ0v) is 18.0. The van der Waals surface area contributed by atoms with Crippen LogP contribution in [0.4, 0.5) is 8.78 Å². The Morgan fingerprint density at radius 2 is 1.85 bits per heavy atom. The van der Waals surface area contributed by atoms with Gasteiger partial charge in [-0.1, -0.05) is 12.1 Å². The number of aromatic nitrogens is 1. The molecule has 3 aromatic rings. The molecular formula is C23H22F2N2O6. The third kappa shape index (κ3) is 6.06. The van der Waals surface area contributed by atoms with Gasteiger partial charge in [0.05, 0.1) is 18.4 Å². The molecule has 3 rings (SSSR count). The average Bonchev–Trinajstić information content (AvgIpc) is 3.39. The van der Waals surface area contributed by atoms with E-state index >= 15 is 0 Å². The van der Waals surface area contributed by atoms with Crippen LogP contribution in [0.1, 0.15) is 37.9 Å². The number of hydrogen-bond donors (Lipinski definition) is 1. The van der Waals surface area contributed by atoms with Gasteiger partial charge in [0.15, 0.2) is 6.61 Å². The van der Waals surface area contributed by atoms with E-state index in [-0.39, 0.29) is 11.3 Å². The predicted molar refractivity (Wildman–Crippen MR) is 112 cm³/mol. The van der Waals surface area contributed by atoms with E-state index in [9.17, 15) is 23.2 Å². The van der Waals surface area contributed by atoms with Gasteiger partial charge in [-0.05, 0) is 44.2 Å². The van der Waals surface area contributed by atoms with Crippen LogP contribution < -0.4 is 10.1 Å². The molecule has 1 N–H and O–H groups in total. The number of hydrogen-bond acceptors (Lipinski definition) is 6. The van der Waals surface area contributed by atoms with Crippen molar-refractivity contribution >= 4 is 17.7 Å². The van der Waals surface area contributed by atoms with Gasteiger partial charge in [0.1, 0.15) is 18.1 Å². The van der Waals surface area contributed by atoms with Gasteiger partial charge in [-0.15, -0.1) is 0 Å². The van der Waals surface area contributed by atoms with E-state index in [1.165, 1.54) is 24.3 Å². The fourth-order valence-corrected chi connectivity index (χ4v) is 3.26. The van der Waals surface area contributed by atoms with Gasteiger partial charge in [0, 0.05) is 17.0 Å². The van der Waals surface area contributed by atoms with Crippen LogP contribution in [-0.2, 0) is 16.1 Å². The number of aryl methyl sites for hydroxylation is 1. The molecule has 0 saturated heterocycles. The molecule has 0 fully saturated rings. The Bertz CT molecular complexity index is 1140. The van der Waals surface area contributed by atoms with E-state index in [4.69, 9.17) is 9.15 Å². The highest BCUT2D eigenvalue weighted by Gasteiger charge is 2.19. The van der Waals surface area contributed by atoms with Crippen LogP contribution in [0, 0.1) is 13.8 Å². The molecular weight excluding hydrogens is 438 g/mol. The monoisotopic (exact) mass is 460 g/mol. The minimum absolute atomic E-state index is 0.161. The number of ether oxygens (including phenoxy) is 2. The summed E-state index contributed by atoms with van der Waals surface area (Å²) in [6.07, 6.45) is 1.57. The van der Waals surface area contributed by atoms with Gasteiger partial charge < -0.3 is 23.8 Å². The van der Waals surface area contributed by atoms with E-state index in [2.05, 4.69) is 10.1 Å². The lowest BCUT2D eigenvalue weighted by Crippen LogP contribution is -2.32. The summed E-state index contributed by atoms with van der Waals surface area (Å²) in [7, 11) is 0. The Morgan fingerprint density at radius 3 is 2.55 bits per heavy atom. The molecule has 2 heterocycles. The molecule has 0 aliphatic rings. The number of ketones is 1. The van der Waals surface area contributed by atoms with E-state index in [1.54, 1.807) is 25.3 Å². The van der Waals surface area contributed by atoms with Crippen LogP contribution in [0.3, 0.4) is 0 Å². The van der Waals surface area contributed by atoms with Crippen molar-refractivity contribution in [1.29, 1.82) is 0 Å². The van der Waals surface area contributed by atoms with Gasteiger partial charge in [0.25, 0.3) is 5.91 Å². The van der Waals surface area contributed by atoms with Crippen LogP contribution >= 0.6 is 0 Å². The number of alkyl halides is 2. The predicted octanol–water partition coefficient (Wildman–Crippen LogP) is 3.50. The molecule has 8 nitrogen and oxygen atoms in total. The number of halogens is 2. The Labute approximate surface area is 188 Å².